The van der Waals surface area contributed by atoms with Gasteiger partial charge in [-0.1, -0.05) is 13.0 Å². The summed E-state index contributed by atoms with van der Waals surface area (Å²) >= 11 is 0. The molecule has 0 aromatic carbocycles. The van der Waals surface area contributed by atoms with Gasteiger partial charge in [0.05, 0.1) is 18.4 Å². The van der Waals surface area contributed by atoms with Gasteiger partial charge in [-0.15, -0.1) is 0 Å². The molecule has 2 saturated heterocycles. The van der Waals surface area contributed by atoms with E-state index in [0.717, 1.165) is 23.4 Å². The van der Waals surface area contributed by atoms with Gasteiger partial charge in [0.15, 0.2) is 5.82 Å². The minimum Gasteiger partial charge on any atom is -0.447 e. The summed E-state index contributed by atoms with van der Waals surface area (Å²) in [7, 11) is 0. The number of hydrogen-bond acceptors (Lipinski definition) is 7. The highest BCUT2D eigenvalue weighted by Crippen LogP contribution is 2.23. The van der Waals surface area contributed by atoms with Gasteiger partial charge in [-0.3, -0.25) is 9.69 Å². The van der Waals surface area contributed by atoms with E-state index in [0.29, 0.717) is 38.6 Å². The molecule has 0 saturated carbocycles. The van der Waals surface area contributed by atoms with Crippen LogP contribution in [0.4, 0.5) is 16.4 Å². The number of anilines is 2. The molecule has 2 aliphatic rings. The van der Waals surface area contributed by atoms with Gasteiger partial charge >= 0.3 is 6.09 Å². The van der Waals surface area contributed by atoms with Gasteiger partial charge in [-0.05, 0) is 31.4 Å². The molecule has 0 spiro atoms. The van der Waals surface area contributed by atoms with Crippen molar-refractivity contribution in [1.29, 1.82) is 0 Å². The number of aryl methyl sites for hydroxylation is 2. The number of cyclic esters (lactones) is 1. The van der Waals surface area contributed by atoms with Crippen LogP contribution in [0.25, 0.3) is 0 Å². The summed E-state index contributed by atoms with van der Waals surface area (Å²) < 4.78 is 5.09. The topological polar surface area (TPSA) is 91.8 Å². The lowest BCUT2D eigenvalue weighted by molar-refractivity contribution is 0.0740. The summed E-state index contributed by atoms with van der Waals surface area (Å²) in [4.78, 5) is 43.4. The molecule has 2 fully saturated rings. The monoisotopic (exact) mass is 410 g/mol. The van der Waals surface area contributed by atoms with Crippen LogP contribution in [0.1, 0.15) is 35.0 Å². The number of carbonyl (C=O) groups is 2. The van der Waals surface area contributed by atoms with E-state index in [1.165, 1.54) is 17.3 Å². The van der Waals surface area contributed by atoms with Crippen LogP contribution < -0.4 is 9.80 Å². The van der Waals surface area contributed by atoms with Gasteiger partial charge in [0, 0.05) is 32.4 Å². The van der Waals surface area contributed by atoms with E-state index in [2.05, 4.69) is 32.8 Å². The van der Waals surface area contributed by atoms with Crippen LogP contribution in [0.3, 0.4) is 0 Å². The van der Waals surface area contributed by atoms with Crippen LogP contribution in [-0.2, 0) is 4.74 Å². The van der Waals surface area contributed by atoms with Gasteiger partial charge in [0.2, 0.25) is 0 Å². The lowest BCUT2D eigenvalue weighted by Gasteiger charge is -2.35. The molecule has 1 unspecified atom stereocenters. The van der Waals surface area contributed by atoms with Crippen molar-refractivity contribution in [2.75, 3.05) is 42.6 Å². The summed E-state index contributed by atoms with van der Waals surface area (Å²) in [5.74, 6) is 1.23. The van der Waals surface area contributed by atoms with Crippen molar-refractivity contribution in [3.05, 3.63) is 41.5 Å². The Bertz CT molecular complexity index is 940. The number of piperazine rings is 1. The van der Waals surface area contributed by atoms with Crippen LogP contribution in [0.5, 0.6) is 0 Å². The Labute approximate surface area is 175 Å². The number of carbonyl (C=O) groups excluding carboxylic acids is 2. The van der Waals surface area contributed by atoms with Crippen molar-refractivity contribution < 1.29 is 14.3 Å². The minimum absolute atomic E-state index is 0.0553. The first-order chi connectivity index (χ1) is 14.5. The molecule has 158 valence electrons. The zero-order chi connectivity index (χ0) is 21.3. The van der Waals surface area contributed by atoms with Crippen LogP contribution in [0, 0.1) is 13.8 Å². The molecular weight excluding hydrogens is 384 g/mol. The highest BCUT2D eigenvalue weighted by atomic mass is 16.6. The number of pyridine rings is 1. The number of amides is 2. The molecule has 2 aliphatic heterocycles. The normalized spacial score (nSPS) is 19.2. The molecule has 2 aromatic rings. The predicted octanol–water partition coefficient (Wildman–Crippen LogP) is 2.19. The van der Waals surface area contributed by atoms with Crippen LogP contribution >= 0.6 is 0 Å². The zero-order valence-electron chi connectivity index (χ0n) is 17.5. The van der Waals surface area contributed by atoms with Crippen LogP contribution in [0.2, 0.25) is 0 Å². The smallest absolute Gasteiger partial charge is 0.415 e. The SMILES string of the molecule is CCC1COC(=O)N1c1cnc(C(=O)N2CCN(c3ncc(C)cc3C)CC2)cn1. The fourth-order valence-corrected chi connectivity index (χ4v) is 3.92. The molecular formula is C21H26N6O3. The number of rotatable bonds is 4. The van der Waals surface area contributed by atoms with E-state index < -0.39 is 6.09 Å². The Morgan fingerprint density at radius 1 is 1.10 bits per heavy atom. The van der Waals surface area contributed by atoms with Gasteiger partial charge in [-0.2, -0.15) is 0 Å². The quantitative estimate of drug-likeness (QED) is 0.763. The summed E-state index contributed by atoms with van der Waals surface area (Å²) in [5.41, 5.74) is 2.55. The lowest BCUT2D eigenvalue weighted by atomic mass is 10.2. The summed E-state index contributed by atoms with van der Waals surface area (Å²) in [6.45, 7) is 9.03. The number of hydrogen-bond donors (Lipinski definition) is 0. The van der Waals surface area contributed by atoms with Gasteiger partial charge < -0.3 is 14.5 Å². The van der Waals surface area contributed by atoms with Crippen molar-refractivity contribution in [1.82, 2.24) is 19.9 Å². The maximum Gasteiger partial charge on any atom is 0.415 e. The first-order valence-electron chi connectivity index (χ1n) is 10.2. The Kier molecular flexibility index (Phi) is 5.52. The average molecular weight is 410 g/mol. The van der Waals surface area contributed by atoms with Gasteiger partial charge in [-0.25, -0.2) is 19.7 Å². The zero-order valence-corrected chi connectivity index (χ0v) is 17.5. The van der Waals surface area contributed by atoms with E-state index >= 15 is 0 Å². The Morgan fingerprint density at radius 2 is 1.87 bits per heavy atom. The van der Waals surface area contributed by atoms with Crippen molar-refractivity contribution >= 4 is 23.6 Å². The molecule has 30 heavy (non-hydrogen) atoms. The first-order valence-corrected chi connectivity index (χ1v) is 10.2. The van der Waals surface area contributed by atoms with Gasteiger partial charge in [0.1, 0.15) is 18.1 Å². The van der Waals surface area contributed by atoms with Crippen molar-refractivity contribution in [2.45, 2.75) is 33.2 Å². The Balaban J connectivity index is 1.40. The Hall–Kier alpha value is -3.23. The predicted molar refractivity (Wildman–Crippen MR) is 112 cm³/mol. The molecule has 9 heteroatoms. The highest BCUT2D eigenvalue weighted by molar-refractivity contribution is 5.93. The third kappa shape index (κ3) is 3.79. The van der Waals surface area contributed by atoms with Crippen LogP contribution in [-0.4, -0.2) is 70.7 Å². The van der Waals surface area contributed by atoms with Crippen molar-refractivity contribution in [3.63, 3.8) is 0 Å². The lowest BCUT2D eigenvalue weighted by Crippen LogP contribution is -2.49. The fraction of sp³-hybridized carbons (Fsp3) is 0.476. The molecule has 0 N–H and O–H groups in total. The van der Waals surface area contributed by atoms with Crippen molar-refractivity contribution in [3.8, 4) is 0 Å². The molecule has 4 rings (SSSR count). The Morgan fingerprint density at radius 3 is 2.50 bits per heavy atom. The second-order valence-electron chi connectivity index (χ2n) is 7.70. The second kappa shape index (κ2) is 8.25. The first kappa shape index (κ1) is 20.1. The summed E-state index contributed by atoms with van der Waals surface area (Å²) in [6.07, 6.45) is 5.11. The molecule has 2 amide bonds. The molecule has 9 nitrogen and oxygen atoms in total. The second-order valence-corrected chi connectivity index (χ2v) is 7.70. The third-order valence-corrected chi connectivity index (χ3v) is 5.59. The fourth-order valence-electron chi connectivity index (χ4n) is 3.92. The van der Waals surface area contributed by atoms with E-state index in [-0.39, 0.29) is 17.6 Å². The van der Waals surface area contributed by atoms with E-state index in [9.17, 15) is 9.59 Å². The highest BCUT2D eigenvalue weighted by Gasteiger charge is 2.34. The molecule has 0 bridgehead atoms. The minimum atomic E-state index is -0.425. The van der Waals surface area contributed by atoms with Crippen LogP contribution in [0.15, 0.2) is 24.7 Å². The van der Waals surface area contributed by atoms with Crippen molar-refractivity contribution in [2.24, 2.45) is 0 Å². The molecule has 2 aromatic heterocycles. The maximum atomic E-state index is 12.9. The largest absolute Gasteiger partial charge is 0.447 e. The number of ether oxygens (including phenoxy) is 1. The molecule has 1 atom stereocenters. The standard InChI is InChI=1S/C21H26N6O3/c1-4-16-13-30-21(29)27(16)18-12-22-17(11-23-18)20(28)26-7-5-25(6-8-26)19-15(3)9-14(2)10-24-19/h9-12,16H,4-8,13H2,1-3H3. The van der Waals surface area contributed by atoms with E-state index in [1.54, 1.807) is 4.90 Å². The molecule has 0 aliphatic carbocycles. The van der Waals surface area contributed by atoms with E-state index in [4.69, 9.17) is 4.74 Å². The third-order valence-electron chi connectivity index (χ3n) is 5.59. The maximum absolute atomic E-state index is 12.9. The number of nitrogens with zero attached hydrogens (tertiary/aromatic N) is 6. The summed E-state index contributed by atoms with van der Waals surface area (Å²) in [6, 6.07) is 2.07. The number of aromatic nitrogens is 3. The average Bonchev–Trinajstić information content (AvgIpc) is 3.14. The molecule has 4 heterocycles. The van der Waals surface area contributed by atoms with E-state index in [1.807, 2.05) is 20.0 Å². The molecule has 0 radical (unpaired) electrons. The summed E-state index contributed by atoms with van der Waals surface area (Å²) in [5, 5.41) is 0. The van der Waals surface area contributed by atoms with Gasteiger partial charge in [0.25, 0.3) is 5.91 Å².